The minimum Gasteiger partial charge on any atom is -0.396 e. The molecule has 0 aromatic carbocycles. The van der Waals surface area contributed by atoms with Gasteiger partial charge in [-0.25, -0.2) is 9.97 Å². The SMILES string of the molecule is Cc1nc(NC2CCCC2)c2ccn(C3CCC(CO)C3)c2n1. The number of fused-ring (bicyclic) bond motifs is 1. The lowest BCUT2D eigenvalue weighted by atomic mass is 10.1. The molecule has 23 heavy (non-hydrogen) atoms. The van der Waals surface area contributed by atoms with E-state index in [0.717, 1.165) is 41.9 Å². The topological polar surface area (TPSA) is 63.0 Å². The van der Waals surface area contributed by atoms with Crippen molar-refractivity contribution in [2.75, 3.05) is 11.9 Å². The molecule has 0 radical (unpaired) electrons. The minimum absolute atomic E-state index is 0.304. The highest BCUT2D eigenvalue weighted by atomic mass is 16.3. The minimum atomic E-state index is 0.304. The fourth-order valence-corrected chi connectivity index (χ4v) is 4.28. The zero-order valence-electron chi connectivity index (χ0n) is 13.8. The zero-order valence-corrected chi connectivity index (χ0v) is 13.8. The molecule has 2 aromatic rings. The number of rotatable bonds is 4. The van der Waals surface area contributed by atoms with Crippen LogP contribution < -0.4 is 5.32 Å². The Labute approximate surface area is 137 Å². The van der Waals surface area contributed by atoms with Crippen molar-refractivity contribution in [1.29, 1.82) is 0 Å². The molecule has 0 saturated heterocycles. The first kappa shape index (κ1) is 14.9. The van der Waals surface area contributed by atoms with Gasteiger partial charge < -0.3 is 15.0 Å². The summed E-state index contributed by atoms with van der Waals surface area (Å²) in [6.07, 6.45) is 10.6. The van der Waals surface area contributed by atoms with Crippen LogP contribution in [-0.4, -0.2) is 32.3 Å². The lowest BCUT2D eigenvalue weighted by molar-refractivity contribution is 0.226. The van der Waals surface area contributed by atoms with Gasteiger partial charge in [-0.1, -0.05) is 12.8 Å². The van der Waals surface area contributed by atoms with Gasteiger partial charge >= 0.3 is 0 Å². The second kappa shape index (κ2) is 6.11. The molecule has 5 heteroatoms. The number of hydrogen-bond donors (Lipinski definition) is 2. The number of aliphatic hydroxyl groups is 1. The monoisotopic (exact) mass is 314 g/mol. The average Bonchev–Trinajstić information content (AvgIpc) is 3.26. The largest absolute Gasteiger partial charge is 0.396 e. The third-order valence-corrected chi connectivity index (χ3v) is 5.54. The van der Waals surface area contributed by atoms with Crippen LogP contribution in [0.1, 0.15) is 56.8 Å². The van der Waals surface area contributed by atoms with Crippen molar-refractivity contribution in [3.05, 3.63) is 18.1 Å². The number of anilines is 1. The van der Waals surface area contributed by atoms with E-state index in [0.29, 0.717) is 24.6 Å². The molecule has 0 amide bonds. The first-order valence-corrected chi connectivity index (χ1v) is 8.97. The number of hydrogen-bond acceptors (Lipinski definition) is 4. The van der Waals surface area contributed by atoms with Crippen LogP contribution >= 0.6 is 0 Å². The molecular weight excluding hydrogens is 288 g/mol. The number of nitrogens with zero attached hydrogens (tertiary/aromatic N) is 3. The lowest BCUT2D eigenvalue weighted by Crippen LogP contribution is -2.16. The molecule has 2 aliphatic carbocycles. The van der Waals surface area contributed by atoms with E-state index in [9.17, 15) is 5.11 Å². The van der Waals surface area contributed by atoms with Gasteiger partial charge in [0.2, 0.25) is 0 Å². The lowest BCUT2D eigenvalue weighted by Gasteiger charge is -2.16. The molecule has 2 saturated carbocycles. The van der Waals surface area contributed by atoms with Gasteiger partial charge in [0, 0.05) is 24.9 Å². The second-order valence-electron chi connectivity index (χ2n) is 7.22. The van der Waals surface area contributed by atoms with Gasteiger partial charge in [-0.2, -0.15) is 0 Å². The first-order chi connectivity index (χ1) is 11.2. The quantitative estimate of drug-likeness (QED) is 0.907. The van der Waals surface area contributed by atoms with Gasteiger partial charge in [0.05, 0.1) is 5.39 Å². The molecule has 2 unspecified atom stereocenters. The predicted molar refractivity (Wildman–Crippen MR) is 91.6 cm³/mol. The molecule has 2 N–H and O–H groups in total. The fourth-order valence-electron chi connectivity index (χ4n) is 4.28. The molecule has 5 nitrogen and oxygen atoms in total. The van der Waals surface area contributed by atoms with Crippen molar-refractivity contribution in [3.8, 4) is 0 Å². The van der Waals surface area contributed by atoms with Gasteiger partial charge in [0.15, 0.2) is 0 Å². The molecule has 0 bridgehead atoms. The summed E-state index contributed by atoms with van der Waals surface area (Å²) in [4.78, 5) is 9.38. The van der Waals surface area contributed by atoms with Crippen molar-refractivity contribution in [2.45, 2.75) is 64.0 Å². The van der Waals surface area contributed by atoms with E-state index in [4.69, 9.17) is 4.98 Å². The van der Waals surface area contributed by atoms with Crippen molar-refractivity contribution < 1.29 is 5.11 Å². The van der Waals surface area contributed by atoms with Crippen LogP contribution in [0.25, 0.3) is 11.0 Å². The van der Waals surface area contributed by atoms with Crippen LogP contribution in [-0.2, 0) is 0 Å². The van der Waals surface area contributed by atoms with Gasteiger partial charge in [0.1, 0.15) is 17.3 Å². The Kier molecular flexibility index (Phi) is 3.97. The van der Waals surface area contributed by atoms with E-state index in [2.05, 4.69) is 27.1 Å². The van der Waals surface area contributed by atoms with Crippen LogP contribution in [0.2, 0.25) is 0 Å². The maximum absolute atomic E-state index is 9.40. The molecule has 0 aliphatic heterocycles. The third-order valence-electron chi connectivity index (χ3n) is 5.54. The standard InChI is InChI=1S/C18H26N4O/c1-12-19-17(21-14-4-2-3-5-14)16-8-9-22(18(16)20-12)15-7-6-13(10-15)11-23/h8-9,13-15,23H,2-7,10-11H2,1H3,(H,19,20,21). The summed E-state index contributed by atoms with van der Waals surface area (Å²) in [5.41, 5.74) is 1.04. The fraction of sp³-hybridized carbons (Fsp3) is 0.667. The Morgan fingerprint density at radius 3 is 2.78 bits per heavy atom. The molecule has 2 heterocycles. The van der Waals surface area contributed by atoms with Crippen molar-refractivity contribution in [2.24, 2.45) is 5.92 Å². The van der Waals surface area contributed by atoms with Crippen LogP contribution in [0, 0.1) is 12.8 Å². The number of nitrogens with one attached hydrogen (secondary N) is 1. The van der Waals surface area contributed by atoms with E-state index < -0.39 is 0 Å². The van der Waals surface area contributed by atoms with Crippen LogP contribution in [0.4, 0.5) is 5.82 Å². The normalized spacial score (nSPS) is 25.5. The molecule has 2 aliphatic rings. The first-order valence-electron chi connectivity index (χ1n) is 8.97. The van der Waals surface area contributed by atoms with Gasteiger partial charge in [-0.3, -0.25) is 0 Å². The number of aromatic nitrogens is 3. The molecular formula is C18H26N4O. The van der Waals surface area contributed by atoms with Crippen LogP contribution in [0.15, 0.2) is 12.3 Å². The Hall–Kier alpha value is -1.62. The third kappa shape index (κ3) is 2.82. The van der Waals surface area contributed by atoms with E-state index in [1.54, 1.807) is 0 Å². The predicted octanol–water partition coefficient (Wildman–Crippen LogP) is 3.43. The van der Waals surface area contributed by atoms with E-state index >= 15 is 0 Å². The Balaban J connectivity index is 1.67. The summed E-state index contributed by atoms with van der Waals surface area (Å²) in [6.45, 7) is 2.28. The number of aliphatic hydroxyl groups excluding tert-OH is 1. The smallest absolute Gasteiger partial charge is 0.146 e. The molecule has 0 spiro atoms. The summed E-state index contributed by atoms with van der Waals surface area (Å²) < 4.78 is 2.31. The van der Waals surface area contributed by atoms with Crippen LogP contribution in [0.3, 0.4) is 0 Å². The van der Waals surface area contributed by atoms with Gasteiger partial charge in [0.25, 0.3) is 0 Å². The van der Waals surface area contributed by atoms with Crippen molar-refractivity contribution in [1.82, 2.24) is 14.5 Å². The summed E-state index contributed by atoms with van der Waals surface area (Å²) >= 11 is 0. The molecule has 2 fully saturated rings. The maximum Gasteiger partial charge on any atom is 0.146 e. The highest BCUT2D eigenvalue weighted by Crippen LogP contribution is 2.37. The maximum atomic E-state index is 9.40. The van der Waals surface area contributed by atoms with E-state index in [-0.39, 0.29) is 0 Å². The number of aryl methyl sites for hydroxylation is 1. The Bertz CT molecular complexity index is 690. The molecule has 2 atom stereocenters. The van der Waals surface area contributed by atoms with Crippen molar-refractivity contribution >= 4 is 16.9 Å². The van der Waals surface area contributed by atoms with E-state index in [1.807, 2.05) is 6.92 Å². The zero-order chi connectivity index (χ0) is 15.8. The van der Waals surface area contributed by atoms with Crippen LogP contribution in [0.5, 0.6) is 0 Å². The van der Waals surface area contributed by atoms with Gasteiger partial charge in [-0.15, -0.1) is 0 Å². The average molecular weight is 314 g/mol. The highest BCUT2D eigenvalue weighted by molar-refractivity contribution is 5.87. The highest BCUT2D eigenvalue weighted by Gasteiger charge is 2.27. The molecule has 124 valence electrons. The second-order valence-corrected chi connectivity index (χ2v) is 7.22. The summed E-state index contributed by atoms with van der Waals surface area (Å²) in [7, 11) is 0. The Morgan fingerprint density at radius 1 is 1.22 bits per heavy atom. The summed E-state index contributed by atoms with van der Waals surface area (Å²) in [5, 5.41) is 14.2. The Morgan fingerprint density at radius 2 is 2.04 bits per heavy atom. The molecule has 2 aromatic heterocycles. The summed E-state index contributed by atoms with van der Waals surface area (Å²) in [6, 6.07) is 3.16. The van der Waals surface area contributed by atoms with E-state index in [1.165, 1.54) is 25.7 Å². The summed E-state index contributed by atoms with van der Waals surface area (Å²) in [5.74, 6) is 2.26. The van der Waals surface area contributed by atoms with Gasteiger partial charge in [-0.05, 0) is 51.0 Å². The molecule has 4 rings (SSSR count). The van der Waals surface area contributed by atoms with Crippen molar-refractivity contribution in [3.63, 3.8) is 0 Å².